The van der Waals surface area contributed by atoms with E-state index in [0.29, 0.717) is 5.92 Å². The largest absolute Gasteiger partial charge is 0.480 e. The maximum absolute atomic E-state index is 11.4. The topological polar surface area (TPSA) is 57.6 Å². The number of hydrogen-bond acceptors (Lipinski definition) is 2. The number of amides is 1. The van der Waals surface area contributed by atoms with E-state index in [1.54, 1.807) is 7.05 Å². The molecule has 0 aromatic heterocycles. The van der Waals surface area contributed by atoms with Crippen LogP contribution in [-0.2, 0) is 9.59 Å². The van der Waals surface area contributed by atoms with E-state index in [4.69, 9.17) is 0 Å². The molecule has 0 heterocycles. The molecule has 0 aromatic rings. The van der Waals surface area contributed by atoms with Crippen LogP contribution in [-0.4, -0.2) is 35.0 Å². The quantitative estimate of drug-likeness (QED) is 0.857. The van der Waals surface area contributed by atoms with Crippen LogP contribution in [0.4, 0.5) is 0 Å². The van der Waals surface area contributed by atoms with Crippen LogP contribution in [0.1, 0.15) is 53.4 Å². The lowest BCUT2D eigenvalue weighted by Gasteiger charge is -2.40. The summed E-state index contributed by atoms with van der Waals surface area (Å²) >= 11 is 0. The minimum atomic E-state index is -0.878. The molecular weight excluding hydrogens is 242 g/mol. The van der Waals surface area contributed by atoms with E-state index in [9.17, 15) is 14.7 Å². The molecule has 1 fully saturated rings. The number of rotatable bonds is 3. The number of carbonyl (C=O) groups excluding carboxylic acids is 1. The van der Waals surface area contributed by atoms with Crippen molar-refractivity contribution < 1.29 is 14.7 Å². The molecule has 19 heavy (non-hydrogen) atoms. The Bertz CT molecular complexity index is 338. The van der Waals surface area contributed by atoms with Crippen LogP contribution in [0.2, 0.25) is 0 Å². The average molecular weight is 269 g/mol. The summed E-state index contributed by atoms with van der Waals surface area (Å²) in [7, 11) is 1.59. The van der Waals surface area contributed by atoms with Crippen molar-refractivity contribution >= 4 is 11.9 Å². The molecule has 1 amide bonds. The first-order valence-electron chi connectivity index (χ1n) is 7.10. The smallest absolute Gasteiger partial charge is 0.326 e. The average Bonchev–Trinajstić information content (AvgIpc) is 2.28. The third kappa shape index (κ3) is 3.95. The lowest BCUT2D eigenvalue weighted by atomic mass is 9.68. The number of carboxylic acid groups (broad SMARTS) is 1. The van der Waals surface area contributed by atoms with Crippen LogP contribution in [0.15, 0.2) is 0 Å². The number of likely N-dealkylation sites (N-methyl/N-ethyl adjacent to an activating group) is 1. The Labute approximate surface area is 116 Å². The van der Waals surface area contributed by atoms with Crippen LogP contribution < -0.4 is 0 Å². The van der Waals surface area contributed by atoms with Gasteiger partial charge in [0.25, 0.3) is 0 Å². The lowest BCUT2D eigenvalue weighted by Crippen LogP contribution is -2.47. The summed E-state index contributed by atoms with van der Waals surface area (Å²) < 4.78 is 0. The van der Waals surface area contributed by atoms with Crippen LogP contribution in [0, 0.1) is 17.3 Å². The van der Waals surface area contributed by atoms with Crippen molar-refractivity contribution in [1.29, 1.82) is 0 Å². The van der Waals surface area contributed by atoms with Gasteiger partial charge in [-0.3, -0.25) is 4.79 Å². The molecule has 1 aliphatic rings. The highest BCUT2D eigenvalue weighted by atomic mass is 16.4. The van der Waals surface area contributed by atoms with E-state index in [2.05, 4.69) is 20.8 Å². The number of hydrogen-bond donors (Lipinski definition) is 1. The van der Waals surface area contributed by atoms with E-state index in [0.717, 1.165) is 25.7 Å². The minimum absolute atomic E-state index is 0.0880. The number of nitrogens with zero attached hydrogens (tertiary/aromatic N) is 1. The van der Waals surface area contributed by atoms with Gasteiger partial charge in [-0.15, -0.1) is 0 Å². The fraction of sp³-hybridized carbons (Fsp3) is 0.867. The van der Waals surface area contributed by atoms with Crippen molar-refractivity contribution in [2.24, 2.45) is 17.3 Å². The molecular formula is C15H27NO3. The van der Waals surface area contributed by atoms with Crippen molar-refractivity contribution in [3.05, 3.63) is 0 Å². The monoisotopic (exact) mass is 269 g/mol. The van der Waals surface area contributed by atoms with E-state index >= 15 is 0 Å². The van der Waals surface area contributed by atoms with Gasteiger partial charge >= 0.3 is 5.97 Å². The Kier molecular flexibility index (Phi) is 4.99. The van der Waals surface area contributed by atoms with Crippen molar-refractivity contribution in [2.75, 3.05) is 7.05 Å². The second-order valence-corrected chi connectivity index (χ2v) is 6.89. The van der Waals surface area contributed by atoms with Crippen LogP contribution in [0.3, 0.4) is 0 Å². The van der Waals surface area contributed by atoms with Gasteiger partial charge in [-0.2, -0.15) is 0 Å². The third-order valence-electron chi connectivity index (χ3n) is 4.61. The summed E-state index contributed by atoms with van der Waals surface area (Å²) in [6, 6.07) is -0.668. The summed E-state index contributed by atoms with van der Waals surface area (Å²) in [5.41, 5.74) is 0.288. The zero-order valence-electron chi connectivity index (χ0n) is 12.8. The second kappa shape index (κ2) is 5.93. The van der Waals surface area contributed by atoms with E-state index in [-0.39, 0.29) is 17.2 Å². The van der Waals surface area contributed by atoms with Crippen molar-refractivity contribution in [1.82, 2.24) is 4.90 Å². The van der Waals surface area contributed by atoms with E-state index < -0.39 is 12.0 Å². The van der Waals surface area contributed by atoms with Gasteiger partial charge in [0.2, 0.25) is 5.91 Å². The zero-order valence-corrected chi connectivity index (χ0v) is 12.8. The van der Waals surface area contributed by atoms with Crippen LogP contribution in [0.5, 0.6) is 0 Å². The number of aliphatic carboxylic acids is 1. The Balaban J connectivity index is 2.71. The summed E-state index contributed by atoms with van der Waals surface area (Å²) in [6.45, 7) is 8.16. The van der Waals surface area contributed by atoms with Gasteiger partial charge in [-0.1, -0.05) is 20.8 Å². The Morgan fingerprint density at radius 3 is 1.95 bits per heavy atom. The predicted octanol–water partition coefficient (Wildman–Crippen LogP) is 2.77. The number of carboxylic acids is 1. The predicted molar refractivity (Wildman–Crippen MR) is 74.8 cm³/mol. The molecule has 1 aliphatic carbocycles. The summed E-state index contributed by atoms with van der Waals surface area (Å²) in [6.07, 6.45) is 3.92. The Hall–Kier alpha value is -1.06. The minimum Gasteiger partial charge on any atom is -0.480 e. The molecule has 0 aromatic carbocycles. The molecule has 1 N–H and O–H groups in total. The zero-order chi connectivity index (χ0) is 14.8. The fourth-order valence-corrected chi connectivity index (χ4v) is 3.18. The first kappa shape index (κ1) is 16.0. The van der Waals surface area contributed by atoms with Crippen molar-refractivity contribution in [3.63, 3.8) is 0 Å². The molecule has 0 spiro atoms. The normalized spacial score (nSPS) is 25.7. The van der Waals surface area contributed by atoms with Gasteiger partial charge in [0, 0.05) is 14.0 Å². The molecule has 1 atom stereocenters. The highest BCUT2D eigenvalue weighted by Gasteiger charge is 2.38. The standard InChI is InChI=1S/C15H27NO3/c1-10(17)16(5)13(14(18)19)11-6-8-12(9-7-11)15(2,3)4/h11-13H,6-9H2,1-5H3,(H,18,19). The van der Waals surface area contributed by atoms with Crippen LogP contribution in [0.25, 0.3) is 0 Å². The maximum atomic E-state index is 11.4. The van der Waals surface area contributed by atoms with Gasteiger partial charge in [0.15, 0.2) is 0 Å². The first-order valence-corrected chi connectivity index (χ1v) is 7.10. The maximum Gasteiger partial charge on any atom is 0.326 e. The molecule has 0 aliphatic heterocycles. The van der Waals surface area contributed by atoms with Gasteiger partial charge in [-0.25, -0.2) is 4.79 Å². The highest BCUT2D eigenvalue weighted by Crippen LogP contribution is 2.41. The number of carbonyl (C=O) groups is 2. The van der Waals surface area contributed by atoms with Gasteiger partial charge in [-0.05, 0) is 42.9 Å². The van der Waals surface area contributed by atoms with Gasteiger partial charge < -0.3 is 10.0 Å². The molecule has 4 heteroatoms. The SMILES string of the molecule is CC(=O)N(C)C(C(=O)O)C1CCC(C(C)(C)C)CC1. The van der Waals surface area contributed by atoms with Gasteiger partial charge in [0.05, 0.1) is 0 Å². The van der Waals surface area contributed by atoms with Crippen molar-refractivity contribution in [3.8, 4) is 0 Å². The molecule has 1 saturated carbocycles. The van der Waals surface area contributed by atoms with Crippen molar-refractivity contribution in [2.45, 2.75) is 59.4 Å². The molecule has 110 valence electrons. The molecule has 1 unspecified atom stereocenters. The summed E-state index contributed by atoms with van der Waals surface area (Å²) in [5, 5.41) is 9.38. The molecule has 1 rings (SSSR count). The molecule has 0 radical (unpaired) electrons. The lowest BCUT2D eigenvalue weighted by molar-refractivity contribution is -0.151. The fourth-order valence-electron chi connectivity index (χ4n) is 3.18. The van der Waals surface area contributed by atoms with E-state index in [1.807, 2.05) is 0 Å². The first-order chi connectivity index (χ1) is 8.64. The van der Waals surface area contributed by atoms with E-state index in [1.165, 1.54) is 11.8 Å². The second-order valence-electron chi connectivity index (χ2n) is 6.89. The highest BCUT2D eigenvalue weighted by molar-refractivity contribution is 5.82. The van der Waals surface area contributed by atoms with Crippen LogP contribution >= 0.6 is 0 Å². The third-order valence-corrected chi connectivity index (χ3v) is 4.61. The Morgan fingerprint density at radius 1 is 1.16 bits per heavy atom. The molecule has 0 saturated heterocycles. The summed E-state index contributed by atoms with van der Waals surface area (Å²) in [5.74, 6) is -0.312. The summed E-state index contributed by atoms with van der Waals surface area (Å²) in [4.78, 5) is 24.2. The Morgan fingerprint density at radius 2 is 1.63 bits per heavy atom. The molecule has 0 bridgehead atoms. The molecule has 4 nitrogen and oxygen atoms in total. The van der Waals surface area contributed by atoms with Gasteiger partial charge in [0.1, 0.15) is 6.04 Å².